The van der Waals surface area contributed by atoms with E-state index in [4.69, 9.17) is 4.74 Å². The lowest BCUT2D eigenvalue weighted by Crippen LogP contribution is -2.20. The highest BCUT2D eigenvalue weighted by atomic mass is 19.1. The Hall–Kier alpha value is -2.54. The second-order valence-corrected chi connectivity index (χ2v) is 5.27. The number of anilines is 2. The van der Waals surface area contributed by atoms with Crippen LogP contribution < -0.4 is 10.6 Å². The molecule has 1 unspecified atom stereocenters. The molecule has 6 nitrogen and oxygen atoms in total. The molecule has 3 rings (SSSR count). The zero-order valence-electron chi connectivity index (χ0n) is 12.5. The first-order valence-electron chi connectivity index (χ1n) is 7.45. The number of ether oxygens (including phenoxy) is 1. The Morgan fingerprint density at radius 2 is 2.26 bits per heavy atom. The molecule has 0 radical (unpaired) electrons. The molecule has 2 N–H and O–H groups in total. The lowest BCUT2D eigenvalue weighted by Gasteiger charge is -2.11. The molecule has 0 aliphatic carbocycles. The second-order valence-electron chi connectivity index (χ2n) is 5.27. The maximum absolute atomic E-state index is 13.1. The van der Waals surface area contributed by atoms with E-state index in [0.717, 1.165) is 19.4 Å². The summed E-state index contributed by atoms with van der Waals surface area (Å²) < 4.78 is 18.7. The van der Waals surface area contributed by atoms with E-state index < -0.39 is 11.7 Å². The van der Waals surface area contributed by atoms with Crippen molar-refractivity contribution < 1.29 is 13.9 Å². The first-order valence-corrected chi connectivity index (χ1v) is 7.45. The average Bonchev–Trinajstić information content (AvgIpc) is 3.07. The maximum Gasteiger partial charge on any atom is 0.274 e. The van der Waals surface area contributed by atoms with Crippen molar-refractivity contribution in [2.45, 2.75) is 18.9 Å². The van der Waals surface area contributed by atoms with Crippen LogP contribution in [-0.2, 0) is 4.74 Å². The van der Waals surface area contributed by atoms with Crippen LogP contribution in [0.15, 0.2) is 36.7 Å². The number of hydrogen-bond acceptors (Lipinski definition) is 5. The number of amides is 1. The number of aromatic nitrogens is 2. The lowest BCUT2D eigenvalue weighted by molar-refractivity contribution is 0.102. The number of nitrogens with one attached hydrogen (secondary N) is 2. The molecular formula is C16H17FN4O2. The number of benzene rings is 1. The molecule has 1 aliphatic heterocycles. The minimum Gasteiger partial charge on any atom is -0.376 e. The van der Waals surface area contributed by atoms with E-state index in [-0.39, 0.29) is 11.8 Å². The van der Waals surface area contributed by atoms with Gasteiger partial charge in [0.05, 0.1) is 6.10 Å². The largest absolute Gasteiger partial charge is 0.376 e. The third kappa shape index (κ3) is 4.23. The average molecular weight is 316 g/mol. The maximum atomic E-state index is 13.1. The van der Waals surface area contributed by atoms with Crippen molar-refractivity contribution in [1.82, 2.24) is 9.97 Å². The number of carbonyl (C=O) groups is 1. The zero-order valence-corrected chi connectivity index (χ0v) is 12.5. The molecule has 1 aromatic heterocycles. The highest BCUT2D eigenvalue weighted by Crippen LogP contribution is 2.14. The molecule has 0 bridgehead atoms. The minimum atomic E-state index is -0.418. The summed E-state index contributed by atoms with van der Waals surface area (Å²) in [5.74, 6) is -0.275. The van der Waals surface area contributed by atoms with Gasteiger partial charge in [-0.3, -0.25) is 4.79 Å². The summed E-state index contributed by atoms with van der Waals surface area (Å²) in [6.07, 6.45) is 3.58. The van der Waals surface area contributed by atoms with Crippen molar-refractivity contribution in [3.63, 3.8) is 0 Å². The molecule has 0 saturated carbocycles. The minimum absolute atomic E-state index is 0.175. The summed E-state index contributed by atoms with van der Waals surface area (Å²) in [7, 11) is 0. The fourth-order valence-corrected chi connectivity index (χ4v) is 2.36. The highest BCUT2D eigenvalue weighted by molar-refractivity contribution is 6.03. The molecule has 7 heteroatoms. The van der Waals surface area contributed by atoms with Gasteiger partial charge in [0.15, 0.2) is 0 Å². The van der Waals surface area contributed by atoms with Crippen LogP contribution in [-0.4, -0.2) is 35.1 Å². The van der Waals surface area contributed by atoms with Gasteiger partial charge in [-0.05, 0) is 31.0 Å². The Bertz CT molecular complexity index is 689. The van der Waals surface area contributed by atoms with Crippen LogP contribution in [0, 0.1) is 5.82 Å². The number of halogens is 1. The van der Waals surface area contributed by atoms with Gasteiger partial charge in [-0.2, -0.15) is 0 Å². The van der Waals surface area contributed by atoms with Gasteiger partial charge in [-0.1, -0.05) is 6.07 Å². The van der Waals surface area contributed by atoms with Crippen LogP contribution in [0.3, 0.4) is 0 Å². The number of rotatable bonds is 5. The first-order chi connectivity index (χ1) is 11.2. The summed E-state index contributed by atoms with van der Waals surface area (Å²) in [6, 6.07) is 7.25. The zero-order chi connectivity index (χ0) is 16.1. The normalized spacial score (nSPS) is 17.0. The van der Waals surface area contributed by atoms with Crippen LogP contribution in [0.1, 0.15) is 23.3 Å². The third-order valence-electron chi connectivity index (χ3n) is 3.52. The topological polar surface area (TPSA) is 76.1 Å². The summed E-state index contributed by atoms with van der Waals surface area (Å²) in [4.78, 5) is 20.2. The van der Waals surface area contributed by atoms with Crippen molar-refractivity contribution in [2.75, 3.05) is 23.8 Å². The lowest BCUT2D eigenvalue weighted by atomic mass is 10.2. The predicted octanol–water partition coefficient (Wildman–Crippen LogP) is 2.46. The van der Waals surface area contributed by atoms with Crippen LogP contribution in [0.2, 0.25) is 0 Å². The van der Waals surface area contributed by atoms with Gasteiger partial charge < -0.3 is 15.4 Å². The first kappa shape index (κ1) is 15.4. The molecule has 2 heterocycles. The number of hydrogen-bond donors (Lipinski definition) is 2. The Morgan fingerprint density at radius 1 is 1.35 bits per heavy atom. The Labute approximate surface area is 133 Å². The van der Waals surface area contributed by atoms with Crippen LogP contribution in [0.25, 0.3) is 0 Å². The standard InChI is InChI=1S/C16H17FN4O2/c17-11-3-1-4-12(7-11)21-16(22)14-8-15(20-10-19-14)18-9-13-5-2-6-23-13/h1,3-4,7-8,10,13H,2,5-6,9H2,(H,21,22)(H,18,19,20). The molecule has 1 aliphatic rings. The second kappa shape index (κ2) is 7.15. The van der Waals surface area contributed by atoms with Gasteiger partial charge >= 0.3 is 0 Å². The molecule has 1 saturated heterocycles. The van der Waals surface area contributed by atoms with Crippen LogP contribution in [0.4, 0.5) is 15.9 Å². The van der Waals surface area contributed by atoms with E-state index in [1.54, 1.807) is 12.1 Å². The number of nitrogens with zero attached hydrogens (tertiary/aromatic N) is 2. The van der Waals surface area contributed by atoms with Crippen molar-refractivity contribution in [2.24, 2.45) is 0 Å². The van der Waals surface area contributed by atoms with E-state index in [0.29, 0.717) is 18.1 Å². The highest BCUT2D eigenvalue weighted by Gasteiger charge is 2.15. The molecule has 120 valence electrons. The van der Waals surface area contributed by atoms with Crippen molar-refractivity contribution in [3.05, 3.63) is 48.2 Å². The third-order valence-corrected chi connectivity index (χ3v) is 3.52. The Balaban J connectivity index is 1.62. The van der Waals surface area contributed by atoms with Crippen molar-refractivity contribution in [1.29, 1.82) is 0 Å². The molecule has 1 aromatic carbocycles. The summed E-state index contributed by atoms with van der Waals surface area (Å²) >= 11 is 0. The summed E-state index contributed by atoms with van der Waals surface area (Å²) in [5.41, 5.74) is 0.585. The van der Waals surface area contributed by atoms with Gasteiger partial charge in [0.1, 0.15) is 23.7 Å². The van der Waals surface area contributed by atoms with Gasteiger partial charge in [0.2, 0.25) is 0 Å². The molecule has 1 fully saturated rings. The summed E-state index contributed by atoms with van der Waals surface area (Å²) in [6.45, 7) is 1.43. The van der Waals surface area contributed by atoms with Crippen LogP contribution >= 0.6 is 0 Å². The molecule has 0 spiro atoms. The summed E-state index contributed by atoms with van der Waals surface area (Å²) in [5, 5.41) is 5.74. The van der Waals surface area contributed by atoms with E-state index in [1.807, 2.05) is 0 Å². The molecule has 2 aromatic rings. The Morgan fingerprint density at radius 3 is 3.04 bits per heavy atom. The van der Waals surface area contributed by atoms with Crippen LogP contribution in [0.5, 0.6) is 0 Å². The van der Waals surface area contributed by atoms with E-state index in [1.165, 1.54) is 24.5 Å². The fourth-order valence-electron chi connectivity index (χ4n) is 2.36. The molecule has 1 atom stereocenters. The SMILES string of the molecule is O=C(Nc1cccc(F)c1)c1cc(NCC2CCCO2)ncn1. The molecule has 1 amide bonds. The van der Waals surface area contributed by atoms with Gasteiger partial charge in [-0.25, -0.2) is 14.4 Å². The van der Waals surface area contributed by atoms with Gasteiger partial charge in [0, 0.05) is 24.9 Å². The molecular weight excluding hydrogens is 299 g/mol. The number of carbonyl (C=O) groups excluding carboxylic acids is 1. The van der Waals surface area contributed by atoms with Gasteiger partial charge in [-0.15, -0.1) is 0 Å². The molecule has 23 heavy (non-hydrogen) atoms. The van der Waals surface area contributed by atoms with E-state index >= 15 is 0 Å². The smallest absolute Gasteiger partial charge is 0.274 e. The van der Waals surface area contributed by atoms with E-state index in [2.05, 4.69) is 20.6 Å². The van der Waals surface area contributed by atoms with Gasteiger partial charge in [0.25, 0.3) is 5.91 Å². The fraction of sp³-hybridized carbons (Fsp3) is 0.312. The predicted molar refractivity (Wildman–Crippen MR) is 83.8 cm³/mol. The van der Waals surface area contributed by atoms with E-state index in [9.17, 15) is 9.18 Å². The van der Waals surface area contributed by atoms with Crippen molar-refractivity contribution in [3.8, 4) is 0 Å². The monoisotopic (exact) mass is 316 g/mol. The quantitative estimate of drug-likeness (QED) is 0.886. The Kier molecular flexibility index (Phi) is 4.77. The van der Waals surface area contributed by atoms with Crippen molar-refractivity contribution >= 4 is 17.4 Å².